The molecule has 1 atom stereocenters. The van der Waals surface area contributed by atoms with Crippen LogP contribution < -0.4 is 15.6 Å². The lowest BCUT2D eigenvalue weighted by Crippen LogP contribution is -2.54. The van der Waals surface area contributed by atoms with Crippen LogP contribution in [0.3, 0.4) is 0 Å². The first-order chi connectivity index (χ1) is 12.7. The SMILES string of the molecule is C[Si](C)(C)C1=CC([Si](C)(C)c2cc([Si](C)(C)C)c([Si](C)(C)C)[cH-]2)C([Si](C)(C)C)=C1. The predicted octanol–water partition coefficient (Wildman–Crippen LogP) is 6.40. The van der Waals surface area contributed by atoms with E-state index in [1.165, 1.54) is 0 Å². The molecule has 1 aliphatic rings. The molecule has 29 heavy (non-hydrogen) atoms. The Morgan fingerprint density at radius 3 is 1.52 bits per heavy atom. The van der Waals surface area contributed by atoms with Gasteiger partial charge in [-0.05, 0) is 5.54 Å². The lowest BCUT2D eigenvalue weighted by Gasteiger charge is -2.38. The highest BCUT2D eigenvalue weighted by Crippen LogP contribution is 2.44. The fourth-order valence-corrected chi connectivity index (χ4v) is 18.5. The topological polar surface area (TPSA) is 0 Å². The Hall–Kier alpha value is -0.0856. The summed E-state index contributed by atoms with van der Waals surface area (Å²) in [5.41, 5.74) is 0.697. The van der Waals surface area contributed by atoms with Gasteiger partial charge in [0.15, 0.2) is 0 Å². The maximum atomic E-state index is 2.75. The van der Waals surface area contributed by atoms with Crippen LogP contribution in [0.5, 0.6) is 0 Å². The first kappa shape index (κ1) is 25.2. The van der Waals surface area contributed by atoms with Crippen molar-refractivity contribution >= 4 is 55.9 Å². The van der Waals surface area contributed by atoms with Crippen molar-refractivity contribution in [3.63, 3.8) is 0 Å². The number of hydrogen-bond acceptors (Lipinski definition) is 0. The average molecular weight is 476 g/mol. The second kappa shape index (κ2) is 7.50. The minimum absolute atomic E-state index is 0.697. The maximum Gasteiger partial charge on any atom is 0.0771 e. The normalized spacial score (nSPS) is 19.4. The number of allylic oxidation sites excluding steroid dienone is 4. The quantitative estimate of drug-likeness (QED) is 0.329. The molecule has 0 heterocycles. The fraction of sp³-hybridized carbons (Fsp3) is 0.625. The number of hydrogen-bond donors (Lipinski definition) is 0. The molecule has 0 N–H and O–H groups in total. The molecule has 0 amide bonds. The highest BCUT2D eigenvalue weighted by atomic mass is 28.3. The molecule has 0 fully saturated rings. The third-order valence-corrected chi connectivity index (χ3v) is 19.4. The predicted molar refractivity (Wildman–Crippen MR) is 152 cm³/mol. The van der Waals surface area contributed by atoms with Crippen molar-refractivity contribution in [2.24, 2.45) is 0 Å². The second-order valence-electron chi connectivity index (χ2n) is 14.0. The molecule has 0 radical (unpaired) electrons. The molecule has 0 nitrogen and oxygen atoms in total. The van der Waals surface area contributed by atoms with Crippen molar-refractivity contribution in [1.29, 1.82) is 0 Å². The van der Waals surface area contributed by atoms with E-state index in [-0.39, 0.29) is 0 Å². The van der Waals surface area contributed by atoms with E-state index in [1.54, 1.807) is 20.8 Å². The van der Waals surface area contributed by atoms with Gasteiger partial charge in [-0.2, -0.15) is 16.4 Å². The van der Waals surface area contributed by atoms with Crippen LogP contribution in [0.15, 0.2) is 34.7 Å². The Morgan fingerprint density at radius 1 is 0.655 bits per heavy atom. The van der Waals surface area contributed by atoms with Crippen molar-refractivity contribution < 1.29 is 0 Å². The van der Waals surface area contributed by atoms with Gasteiger partial charge in [0.2, 0.25) is 0 Å². The molecule has 1 aromatic rings. The van der Waals surface area contributed by atoms with Crippen LogP contribution in [0.4, 0.5) is 0 Å². The van der Waals surface area contributed by atoms with E-state index in [4.69, 9.17) is 0 Å². The Labute approximate surface area is 187 Å². The molecule has 0 spiro atoms. The average Bonchev–Trinajstić information content (AvgIpc) is 3.10. The Kier molecular flexibility index (Phi) is 6.51. The molecule has 1 aliphatic carbocycles. The third-order valence-electron chi connectivity index (χ3n) is 6.75. The van der Waals surface area contributed by atoms with Crippen LogP contribution in [0.2, 0.25) is 97.2 Å². The summed E-state index contributed by atoms with van der Waals surface area (Å²) in [6.45, 7) is 35.8. The zero-order valence-corrected chi connectivity index (χ0v) is 26.9. The van der Waals surface area contributed by atoms with Crippen molar-refractivity contribution in [3.05, 3.63) is 34.7 Å². The Bertz CT molecular complexity index is 793. The van der Waals surface area contributed by atoms with Gasteiger partial charge in [0.1, 0.15) is 0 Å². The van der Waals surface area contributed by atoms with Crippen molar-refractivity contribution in [2.45, 2.75) is 97.2 Å². The van der Waals surface area contributed by atoms with Gasteiger partial charge >= 0.3 is 0 Å². The van der Waals surface area contributed by atoms with Crippen molar-refractivity contribution in [3.8, 4) is 0 Å². The van der Waals surface area contributed by atoms with Gasteiger partial charge in [0.05, 0.1) is 32.3 Å². The lowest BCUT2D eigenvalue weighted by atomic mass is 10.4. The van der Waals surface area contributed by atoms with E-state index in [2.05, 4.69) is 116 Å². The van der Waals surface area contributed by atoms with Crippen molar-refractivity contribution in [2.75, 3.05) is 0 Å². The summed E-state index contributed by atoms with van der Waals surface area (Å²) in [7, 11) is -6.97. The monoisotopic (exact) mass is 475 g/mol. The second-order valence-corrected chi connectivity index (χ2v) is 38.9. The Morgan fingerprint density at radius 2 is 1.17 bits per heavy atom. The first-order valence-corrected chi connectivity index (χ1v) is 28.5. The molecular weight excluding hydrogens is 429 g/mol. The Balaban J connectivity index is 2.67. The first-order valence-electron chi connectivity index (χ1n) is 11.4. The minimum Gasteiger partial charge on any atom is -0.213 e. The van der Waals surface area contributed by atoms with Crippen LogP contribution >= 0.6 is 0 Å². The van der Waals surface area contributed by atoms with Gasteiger partial charge in [-0.1, -0.05) is 114 Å². The highest BCUT2D eigenvalue weighted by molar-refractivity contribution is 7.01. The van der Waals surface area contributed by atoms with Crippen LogP contribution in [0, 0.1) is 0 Å². The van der Waals surface area contributed by atoms with Gasteiger partial charge < -0.3 is 0 Å². The van der Waals surface area contributed by atoms with Crippen LogP contribution in [-0.4, -0.2) is 40.4 Å². The van der Waals surface area contributed by atoms with Gasteiger partial charge in [-0.25, -0.2) is 11.3 Å². The molecule has 0 saturated carbocycles. The molecule has 1 unspecified atom stereocenters. The standard InChI is InChI=1S/C24H47Si5/c1-25(2,3)19-15-23(28(10,11)12)24(16-19)29(13,14)20-17-21(26(4,5)6)22(18-20)27(7,8)9/h15-18,24H,1-14H3/q-1. The molecule has 0 aromatic heterocycles. The summed E-state index contributed by atoms with van der Waals surface area (Å²) < 4.78 is 0. The molecule has 2 rings (SSSR count). The van der Waals surface area contributed by atoms with E-state index >= 15 is 0 Å². The summed E-state index contributed by atoms with van der Waals surface area (Å²) in [5.74, 6) is 0. The summed E-state index contributed by atoms with van der Waals surface area (Å²) in [5, 5.41) is 8.80. The van der Waals surface area contributed by atoms with E-state index in [0.717, 1.165) is 0 Å². The van der Waals surface area contributed by atoms with Gasteiger partial charge in [0.25, 0.3) is 0 Å². The molecular formula is C24H47Si5-. The van der Waals surface area contributed by atoms with Gasteiger partial charge in [-0.15, -0.1) is 0 Å². The molecule has 1 aromatic carbocycles. The van der Waals surface area contributed by atoms with E-state index in [9.17, 15) is 0 Å². The van der Waals surface area contributed by atoms with Crippen LogP contribution in [-0.2, 0) is 0 Å². The highest BCUT2D eigenvalue weighted by Gasteiger charge is 2.42. The van der Waals surface area contributed by atoms with E-state index < -0.39 is 40.4 Å². The maximum absolute atomic E-state index is 2.75. The molecule has 5 heteroatoms. The fourth-order valence-electron chi connectivity index (χ4n) is 4.62. The molecule has 164 valence electrons. The van der Waals surface area contributed by atoms with E-state index in [1.807, 2.05) is 5.20 Å². The summed E-state index contributed by atoms with van der Waals surface area (Å²) in [4.78, 5) is 0. The minimum atomic E-state index is -1.65. The zero-order chi connectivity index (χ0) is 22.8. The van der Waals surface area contributed by atoms with Crippen molar-refractivity contribution in [1.82, 2.24) is 0 Å². The van der Waals surface area contributed by atoms with Gasteiger partial charge in [0, 0.05) is 8.07 Å². The third kappa shape index (κ3) is 5.22. The smallest absolute Gasteiger partial charge is 0.0771 e. The van der Waals surface area contributed by atoms with E-state index in [0.29, 0.717) is 5.54 Å². The van der Waals surface area contributed by atoms with Crippen LogP contribution in [0.25, 0.3) is 0 Å². The summed E-state index contributed by atoms with van der Waals surface area (Å²) in [6, 6.07) is 5.41. The van der Waals surface area contributed by atoms with Crippen LogP contribution in [0.1, 0.15) is 0 Å². The zero-order valence-electron chi connectivity index (χ0n) is 21.9. The largest absolute Gasteiger partial charge is 0.213 e. The summed E-state index contributed by atoms with van der Waals surface area (Å²) >= 11 is 0. The molecule has 0 bridgehead atoms. The van der Waals surface area contributed by atoms with Gasteiger partial charge in [-0.3, -0.25) is 0 Å². The molecule has 0 saturated heterocycles. The number of rotatable bonds is 6. The summed E-state index contributed by atoms with van der Waals surface area (Å²) in [6.07, 6.45) is 5.43. The molecule has 0 aliphatic heterocycles. The lowest BCUT2D eigenvalue weighted by molar-refractivity contribution is 1.25.